The van der Waals surface area contributed by atoms with Crippen molar-refractivity contribution in [2.75, 3.05) is 0 Å². The van der Waals surface area contributed by atoms with Crippen molar-refractivity contribution in [3.8, 4) is 23.3 Å². The number of aromatic amines is 1. The second kappa shape index (κ2) is 9.14. The van der Waals surface area contributed by atoms with Crippen LogP contribution in [0.1, 0.15) is 50.5 Å². The molecule has 3 heterocycles. The Balaban J connectivity index is 1.60. The molecular formula is C23H27N9. The molecule has 4 aromatic rings. The lowest BCUT2D eigenvalue weighted by molar-refractivity contribution is 0.560. The van der Waals surface area contributed by atoms with Crippen LogP contribution in [0.4, 0.5) is 0 Å². The van der Waals surface area contributed by atoms with Crippen LogP contribution in [0.2, 0.25) is 0 Å². The summed E-state index contributed by atoms with van der Waals surface area (Å²) in [7, 11) is 0. The Kier molecular flexibility index (Phi) is 6.12. The van der Waals surface area contributed by atoms with E-state index < -0.39 is 0 Å². The van der Waals surface area contributed by atoms with E-state index in [1.165, 1.54) is 0 Å². The van der Waals surface area contributed by atoms with E-state index in [9.17, 15) is 5.26 Å². The van der Waals surface area contributed by atoms with Gasteiger partial charge in [-0.15, -0.1) is 10.2 Å². The predicted molar refractivity (Wildman–Crippen MR) is 120 cm³/mol. The lowest BCUT2D eigenvalue weighted by Gasteiger charge is -2.10. The summed E-state index contributed by atoms with van der Waals surface area (Å²) >= 11 is 0. The van der Waals surface area contributed by atoms with Gasteiger partial charge < -0.3 is 4.57 Å². The molecule has 32 heavy (non-hydrogen) atoms. The highest BCUT2D eigenvalue weighted by Crippen LogP contribution is 2.25. The van der Waals surface area contributed by atoms with Crippen molar-refractivity contribution < 1.29 is 0 Å². The van der Waals surface area contributed by atoms with Crippen LogP contribution in [-0.2, 0) is 19.4 Å². The van der Waals surface area contributed by atoms with Crippen LogP contribution in [0.3, 0.4) is 0 Å². The SMILES string of the molecule is CC(C)Cc1nc(CC(C)C)n(Cc2ccc(-n3ccc(C#N)c3-c3nn[nH]n3)cc2)n1. The standard InChI is InChI=1S/C23H27N9/c1-15(2)11-20-25-21(12-16(3)4)32(28-20)14-17-5-7-19(8-6-17)31-10-9-18(13-24)22(31)23-26-29-30-27-23/h5-10,15-16H,11-12,14H2,1-4H3,(H,26,27,29,30). The van der Waals surface area contributed by atoms with Gasteiger partial charge in [-0.3, -0.25) is 0 Å². The van der Waals surface area contributed by atoms with Crippen LogP contribution in [0.15, 0.2) is 36.5 Å². The quantitative estimate of drug-likeness (QED) is 0.458. The van der Waals surface area contributed by atoms with Crippen LogP contribution < -0.4 is 0 Å². The third-order valence-corrected chi connectivity index (χ3v) is 5.08. The summed E-state index contributed by atoms with van der Waals surface area (Å²) in [5, 5.41) is 28.4. The van der Waals surface area contributed by atoms with E-state index in [4.69, 9.17) is 10.1 Å². The molecule has 164 valence electrons. The van der Waals surface area contributed by atoms with Gasteiger partial charge in [-0.1, -0.05) is 39.8 Å². The Morgan fingerprint density at radius 2 is 1.78 bits per heavy atom. The van der Waals surface area contributed by atoms with Gasteiger partial charge in [-0.25, -0.2) is 9.67 Å². The van der Waals surface area contributed by atoms with Crippen molar-refractivity contribution >= 4 is 0 Å². The molecule has 1 N–H and O–H groups in total. The minimum absolute atomic E-state index is 0.384. The Labute approximate surface area is 187 Å². The Hall–Kier alpha value is -3.80. The zero-order valence-corrected chi connectivity index (χ0v) is 18.8. The third-order valence-electron chi connectivity index (χ3n) is 5.08. The van der Waals surface area contributed by atoms with Gasteiger partial charge in [0.1, 0.15) is 17.6 Å². The summed E-state index contributed by atoms with van der Waals surface area (Å²) in [6.07, 6.45) is 3.62. The van der Waals surface area contributed by atoms with E-state index in [1.54, 1.807) is 6.07 Å². The van der Waals surface area contributed by atoms with Crippen molar-refractivity contribution in [1.29, 1.82) is 5.26 Å². The fraction of sp³-hybridized carbons (Fsp3) is 0.391. The maximum Gasteiger partial charge on any atom is 0.222 e. The van der Waals surface area contributed by atoms with Gasteiger partial charge in [-0.2, -0.15) is 15.6 Å². The summed E-state index contributed by atoms with van der Waals surface area (Å²) in [6.45, 7) is 9.43. The van der Waals surface area contributed by atoms with Gasteiger partial charge in [0.2, 0.25) is 5.82 Å². The molecule has 0 saturated heterocycles. The lowest BCUT2D eigenvalue weighted by Crippen LogP contribution is -2.09. The number of aromatic nitrogens is 8. The monoisotopic (exact) mass is 429 g/mol. The summed E-state index contributed by atoms with van der Waals surface area (Å²) < 4.78 is 3.93. The van der Waals surface area contributed by atoms with E-state index in [0.29, 0.717) is 35.5 Å². The largest absolute Gasteiger partial charge is 0.313 e. The zero-order chi connectivity index (χ0) is 22.7. The summed E-state index contributed by atoms with van der Waals surface area (Å²) in [4.78, 5) is 4.80. The second-order valence-electron chi connectivity index (χ2n) is 8.76. The van der Waals surface area contributed by atoms with Gasteiger partial charge in [0, 0.05) is 24.7 Å². The Morgan fingerprint density at radius 3 is 2.41 bits per heavy atom. The Bertz CT molecular complexity index is 1210. The van der Waals surface area contributed by atoms with Crippen molar-refractivity contribution in [3.63, 3.8) is 0 Å². The van der Waals surface area contributed by atoms with Crippen LogP contribution >= 0.6 is 0 Å². The number of rotatable bonds is 8. The van der Waals surface area contributed by atoms with E-state index in [1.807, 2.05) is 27.6 Å². The first-order valence-corrected chi connectivity index (χ1v) is 10.8. The van der Waals surface area contributed by atoms with Crippen molar-refractivity contribution in [3.05, 3.63) is 59.3 Å². The molecule has 0 bridgehead atoms. The molecule has 9 nitrogen and oxygen atoms in total. The molecule has 3 aromatic heterocycles. The van der Waals surface area contributed by atoms with E-state index in [-0.39, 0.29) is 0 Å². The van der Waals surface area contributed by atoms with E-state index >= 15 is 0 Å². The second-order valence-corrected chi connectivity index (χ2v) is 8.76. The van der Waals surface area contributed by atoms with Gasteiger partial charge in [0.05, 0.1) is 12.1 Å². The number of hydrogen-bond donors (Lipinski definition) is 1. The minimum Gasteiger partial charge on any atom is -0.313 e. The smallest absolute Gasteiger partial charge is 0.222 e. The average molecular weight is 430 g/mol. The van der Waals surface area contributed by atoms with Gasteiger partial charge in [0.15, 0.2) is 5.82 Å². The lowest BCUT2D eigenvalue weighted by atomic mass is 10.1. The van der Waals surface area contributed by atoms with E-state index in [0.717, 1.165) is 35.7 Å². The first-order chi connectivity index (χ1) is 15.4. The van der Waals surface area contributed by atoms with Crippen LogP contribution in [-0.4, -0.2) is 40.0 Å². The molecule has 0 saturated carbocycles. The minimum atomic E-state index is 0.384. The molecule has 0 radical (unpaired) electrons. The molecule has 4 rings (SSSR count). The van der Waals surface area contributed by atoms with Crippen molar-refractivity contribution in [2.24, 2.45) is 11.8 Å². The first-order valence-electron chi connectivity index (χ1n) is 10.8. The molecule has 1 aromatic carbocycles. The predicted octanol–water partition coefficient (Wildman–Crippen LogP) is 3.57. The topological polar surface area (TPSA) is 114 Å². The highest BCUT2D eigenvalue weighted by atomic mass is 15.5. The number of nitriles is 1. The summed E-state index contributed by atoms with van der Waals surface area (Å²) in [6, 6.07) is 12.1. The van der Waals surface area contributed by atoms with Gasteiger partial charge >= 0.3 is 0 Å². The molecule has 0 unspecified atom stereocenters. The maximum atomic E-state index is 9.47. The number of benzene rings is 1. The van der Waals surface area contributed by atoms with Gasteiger partial charge in [-0.05, 0) is 40.8 Å². The maximum absolute atomic E-state index is 9.47. The molecule has 0 aliphatic carbocycles. The number of H-pyrrole nitrogens is 1. The third kappa shape index (κ3) is 4.59. The fourth-order valence-corrected chi connectivity index (χ4v) is 3.68. The van der Waals surface area contributed by atoms with Crippen LogP contribution in [0.25, 0.3) is 17.2 Å². The fourth-order valence-electron chi connectivity index (χ4n) is 3.68. The number of hydrogen-bond acceptors (Lipinski definition) is 6. The highest BCUT2D eigenvalue weighted by Gasteiger charge is 2.17. The number of nitrogens with one attached hydrogen (secondary N) is 1. The summed E-state index contributed by atoms with van der Waals surface area (Å²) in [5.74, 6) is 3.36. The van der Waals surface area contributed by atoms with Crippen molar-refractivity contribution in [1.82, 2.24) is 40.0 Å². The molecule has 0 atom stereocenters. The summed E-state index contributed by atoms with van der Waals surface area (Å²) in [5.41, 5.74) is 3.15. The number of nitrogens with zero attached hydrogens (tertiary/aromatic N) is 8. The van der Waals surface area contributed by atoms with Crippen molar-refractivity contribution in [2.45, 2.75) is 47.1 Å². The van der Waals surface area contributed by atoms with Crippen LogP contribution in [0.5, 0.6) is 0 Å². The molecule has 0 aliphatic heterocycles. The molecule has 0 aliphatic rings. The molecule has 9 heteroatoms. The zero-order valence-electron chi connectivity index (χ0n) is 18.8. The molecule has 0 spiro atoms. The number of tetrazole rings is 1. The highest BCUT2D eigenvalue weighted by molar-refractivity contribution is 5.64. The first kappa shape index (κ1) is 21.4. The van der Waals surface area contributed by atoms with E-state index in [2.05, 4.69) is 66.5 Å². The van der Waals surface area contributed by atoms with Gasteiger partial charge in [0.25, 0.3) is 0 Å². The Morgan fingerprint density at radius 1 is 1.03 bits per heavy atom. The molecular weight excluding hydrogens is 402 g/mol. The van der Waals surface area contributed by atoms with Crippen LogP contribution in [0, 0.1) is 23.2 Å². The average Bonchev–Trinajstić information content (AvgIpc) is 3.48. The molecule has 0 fully saturated rings. The normalized spacial score (nSPS) is 11.4. The molecule has 0 amide bonds.